The van der Waals surface area contributed by atoms with Crippen LogP contribution in [0.2, 0.25) is 0 Å². The van der Waals surface area contributed by atoms with E-state index in [1.807, 2.05) is 0 Å². The molecule has 6 heteroatoms. The minimum Gasteiger partial charge on any atom is -0.462 e. The quantitative estimate of drug-likeness (QED) is 0.0345. The van der Waals surface area contributed by atoms with Gasteiger partial charge in [-0.25, -0.2) is 0 Å². The van der Waals surface area contributed by atoms with Crippen molar-refractivity contribution >= 4 is 17.9 Å². The molecule has 59 heavy (non-hydrogen) atoms. The van der Waals surface area contributed by atoms with Crippen LogP contribution in [0.15, 0.2) is 0 Å². The van der Waals surface area contributed by atoms with Gasteiger partial charge < -0.3 is 14.2 Å². The summed E-state index contributed by atoms with van der Waals surface area (Å²) >= 11 is 0. The fraction of sp³-hybridized carbons (Fsp3) is 0.943. The van der Waals surface area contributed by atoms with Gasteiger partial charge in [0.25, 0.3) is 0 Å². The van der Waals surface area contributed by atoms with Crippen LogP contribution in [0, 0.1) is 17.8 Å². The molecule has 0 unspecified atom stereocenters. The zero-order valence-corrected chi connectivity index (χ0v) is 40.5. The van der Waals surface area contributed by atoms with Crippen molar-refractivity contribution in [1.29, 1.82) is 0 Å². The Morgan fingerprint density at radius 2 is 0.492 bits per heavy atom. The van der Waals surface area contributed by atoms with Crippen molar-refractivity contribution in [2.75, 3.05) is 13.2 Å². The molecule has 0 rings (SSSR count). The van der Waals surface area contributed by atoms with E-state index in [4.69, 9.17) is 14.2 Å². The lowest BCUT2D eigenvalue weighted by Gasteiger charge is -2.18. The molecule has 0 amide bonds. The normalized spacial score (nSPS) is 12.2. The summed E-state index contributed by atoms with van der Waals surface area (Å²) in [4.78, 5) is 37.9. The Hall–Kier alpha value is -1.59. The second kappa shape index (κ2) is 44.5. The third kappa shape index (κ3) is 47.3. The Balaban J connectivity index is 4.30. The zero-order chi connectivity index (χ0) is 43.4. The van der Waals surface area contributed by atoms with E-state index in [1.54, 1.807) is 0 Å². The lowest BCUT2D eigenvalue weighted by molar-refractivity contribution is -0.167. The number of esters is 3. The van der Waals surface area contributed by atoms with Gasteiger partial charge in [-0.2, -0.15) is 0 Å². The Labute approximate surface area is 368 Å². The molecule has 6 nitrogen and oxygen atoms in total. The molecule has 350 valence electrons. The summed E-state index contributed by atoms with van der Waals surface area (Å²) in [5.74, 6) is 1.60. The molecular weight excluding hydrogens is 733 g/mol. The zero-order valence-electron chi connectivity index (χ0n) is 40.5. The van der Waals surface area contributed by atoms with E-state index in [9.17, 15) is 14.4 Å². The van der Waals surface area contributed by atoms with Gasteiger partial charge in [0.2, 0.25) is 0 Å². The van der Waals surface area contributed by atoms with Gasteiger partial charge in [0, 0.05) is 19.3 Å². The van der Waals surface area contributed by atoms with Crippen molar-refractivity contribution in [2.45, 2.75) is 292 Å². The van der Waals surface area contributed by atoms with Crippen molar-refractivity contribution in [3.05, 3.63) is 0 Å². The largest absolute Gasteiger partial charge is 0.462 e. The van der Waals surface area contributed by atoms with Crippen molar-refractivity contribution < 1.29 is 28.6 Å². The van der Waals surface area contributed by atoms with Crippen molar-refractivity contribution in [3.8, 4) is 0 Å². The van der Waals surface area contributed by atoms with Crippen LogP contribution in [0.25, 0.3) is 0 Å². The number of carbonyl (C=O) groups excluding carboxylic acids is 3. The Morgan fingerprint density at radius 3 is 0.729 bits per heavy atom. The standard InChI is InChI=1S/C53H102O6/c1-47(2)39-33-27-21-15-11-9-7-8-10-12-18-26-32-38-44-53(56)59-50(46-58-52(55)43-37-31-25-20-19-23-29-35-41-49(5)6)45-57-51(54)42-36-30-24-17-14-13-16-22-28-34-40-48(3)4/h47-50H,7-46H2,1-6H3/t50-/m0/s1. The third-order valence-electron chi connectivity index (χ3n) is 11.9. The molecular formula is C53H102O6. The first-order valence-electron chi connectivity index (χ1n) is 26.1. The highest BCUT2D eigenvalue weighted by Gasteiger charge is 2.19. The van der Waals surface area contributed by atoms with Gasteiger partial charge in [-0.05, 0) is 37.0 Å². The summed E-state index contributed by atoms with van der Waals surface area (Å²) in [6.45, 7) is 13.7. The van der Waals surface area contributed by atoms with Gasteiger partial charge in [-0.15, -0.1) is 0 Å². The molecule has 0 saturated carbocycles. The predicted octanol–water partition coefficient (Wildman–Crippen LogP) is 16.8. The SMILES string of the molecule is CC(C)CCCCCCCCCCCCCCCCC(=O)O[C@@H](COC(=O)CCCCCCCCCCCCC(C)C)COC(=O)CCCCCCCCCCC(C)C. The van der Waals surface area contributed by atoms with Crippen molar-refractivity contribution in [2.24, 2.45) is 17.8 Å². The average molecular weight is 835 g/mol. The topological polar surface area (TPSA) is 78.9 Å². The van der Waals surface area contributed by atoms with Crippen LogP contribution >= 0.6 is 0 Å². The lowest BCUT2D eigenvalue weighted by Crippen LogP contribution is -2.30. The Bertz CT molecular complexity index is 914. The molecule has 0 radical (unpaired) electrons. The number of rotatable bonds is 46. The van der Waals surface area contributed by atoms with Gasteiger partial charge in [0.1, 0.15) is 13.2 Å². The summed E-state index contributed by atoms with van der Waals surface area (Å²) in [5.41, 5.74) is 0. The first-order chi connectivity index (χ1) is 28.6. The van der Waals surface area contributed by atoms with Crippen LogP contribution < -0.4 is 0 Å². The second-order valence-electron chi connectivity index (χ2n) is 19.6. The smallest absolute Gasteiger partial charge is 0.306 e. The van der Waals surface area contributed by atoms with Crippen LogP contribution in [0.5, 0.6) is 0 Å². The van der Waals surface area contributed by atoms with Crippen LogP contribution in [-0.2, 0) is 28.6 Å². The second-order valence-corrected chi connectivity index (χ2v) is 19.6. The van der Waals surface area contributed by atoms with Gasteiger partial charge in [0.05, 0.1) is 0 Å². The van der Waals surface area contributed by atoms with Crippen LogP contribution in [0.4, 0.5) is 0 Å². The molecule has 0 aromatic heterocycles. The molecule has 0 N–H and O–H groups in total. The summed E-state index contributed by atoms with van der Waals surface area (Å²) in [5, 5.41) is 0. The van der Waals surface area contributed by atoms with Gasteiger partial charge in [-0.1, -0.05) is 247 Å². The van der Waals surface area contributed by atoms with E-state index in [1.165, 1.54) is 167 Å². The van der Waals surface area contributed by atoms with E-state index in [2.05, 4.69) is 41.5 Å². The number of unbranched alkanes of at least 4 members (excludes halogenated alkanes) is 29. The summed E-state index contributed by atoms with van der Waals surface area (Å²) in [6, 6.07) is 0. The Kier molecular flexibility index (Phi) is 43.3. The number of hydrogen-bond donors (Lipinski definition) is 0. The molecule has 0 heterocycles. The fourth-order valence-electron chi connectivity index (χ4n) is 7.94. The highest BCUT2D eigenvalue weighted by molar-refractivity contribution is 5.71. The first-order valence-corrected chi connectivity index (χ1v) is 26.1. The number of ether oxygens (including phenoxy) is 3. The van der Waals surface area contributed by atoms with Crippen LogP contribution in [0.1, 0.15) is 286 Å². The molecule has 0 bridgehead atoms. The highest BCUT2D eigenvalue weighted by Crippen LogP contribution is 2.18. The monoisotopic (exact) mass is 835 g/mol. The maximum atomic E-state index is 12.8. The molecule has 0 aromatic rings. The molecule has 0 aliphatic heterocycles. The third-order valence-corrected chi connectivity index (χ3v) is 11.9. The van der Waals surface area contributed by atoms with Gasteiger partial charge in [0.15, 0.2) is 6.10 Å². The molecule has 0 spiro atoms. The van der Waals surface area contributed by atoms with E-state index in [0.29, 0.717) is 19.3 Å². The van der Waals surface area contributed by atoms with Crippen molar-refractivity contribution in [1.82, 2.24) is 0 Å². The van der Waals surface area contributed by atoms with E-state index in [0.717, 1.165) is 75.5 Å². The van der Waals surface area contributed by atoms with Crippen LogP contribution in [0.3, 0.4) is 0 Å². The highest BCUT2D eigenvalue weighted by atomic mass is 16.6. The lowest BCUT2D eigenvalue weighted by atomic mass is 10.0. The molecule has 1 atom stereocenters. The molecule has 0 aromatic carbocycles. The summed E-state index contributed by atoms with van der Waals surface area (Å²) < 4.78 is 16.8. The summed E-state index contributed by atoms with van der Waals surface area (Å²) in [7, 11) is 0. The first kappa shape index (κ1) is 57.4. The molecule has 0 saturated heterocycles. The predicted molar refractivity (Wildman–Crippen MR) is 252 cm³/mol. The van der Waals surface area contributed by atoms with E-state index >= 15 is 0 Å². The Morgan fingerprint density at radius 1 is 0.288 bits per heavy atom. The van der Waals surface area contributed by atoms with Crippen molar-refractivity contribution in [3.63, 3.8) is 0 Å². The van der Waals surface area contributed by atoms with Crippen LogP contribution in [-0.4, -0.2) is 37.2 Å². The van der Waals surface area contributed by atoms with Gasteiger partial charge >= 0.3 is 17.9 Å². The number of hydrogen-bond acceptors (Lipinski definition) is 6. The summed E-state index contributed by atoms with van der Waals surface area (Å²) in [6.07, 6.45) is 43.8. The molecule has 0 fully saturated rings. The number of carbonyl (C=O) groups is 3. The minimum absolute atomic E-state index is 0.0650. The minimum atomic E-state index is -0.763. The van der Waals surface area contributed by atoms with E-state index < -0.39 is 6.10 Å². The fourth-order valence-corrected chi connectivity index (χ4v) is 7.94. The molecule has 0 aliphatic rings. The average Bonchev–Trinajstić information content (AvgIpc) is 3.19. The maximum Gasteiger partial charge on any atom is 0.306 e. The van der Waals surface area contributed by atoms with Gasteiger partial charge in [-0.3, -0.25) is 14.4 Å². The molecule has 0 aliphatic carbocycles. The maximum absolute atomic E-state index is 12.8. The van der Waals surface area contributed by atoms with E-state index in [-0.39, 0.29) is 31.1 Å².